The second kappa shape index (κ2) is 7.59. The number of benzene rings is 1. The fourth-order valence-corrected chi connectivity index (χ4v) is 2.83. The van der Waals surface area contributed by atoms with Crippen LogP contribution in [-0.4, -0.2) is 52.0 Å². The lowest BCUT2D eigenvalue weighted by atomic mass is 10.2. The lowest BCUT2D eigenvalue weighted by Crippen LogP contribution is -2.33. The summed E-state index contributed by atoms with van der Waals surface area (Å²) < 4.78 is 5.36. The number of hydrogen-bond donors (Lipinski definition) is 0. The van der Waals surface area contributed by atoms with Crippen LogP contribution in [0, 0.1) is 0 Å². The zero-order valence-electron chi connectivity index (χ0n) is 13.3. The van der Waals surface area contributed by atoms with E-state index in [1.54, 1.807) is 12.1 Å². The Morgan fingerprint density at radius 2 is 2.04 bits per heavy atom. The van der Waals surface area contributed by atoms with Crippen LogP contribution in [-0.2, 0) is 11.3 Å². The van der Waals surface area contributed by atoms with Crippen LogP contribution in [0.25, 0.3) is 11.4 Å². The van der Waals surface area contributed by atoms with Crippen molar-refractivity contribution in [1.29, 1.82) is 0 Å². The molecule has 0 unspecified atom stereocenters. The van der Waals surface area contributed by atoms with Crippen LogP contribution >= 0.6 is 11.6 Å². The summed E-state index contributed by atoms with van der Waals surface area (Å²) >= 11 is 5.89. The van der Waals surface area contributed by atoms with Crippen LogP contribution in [0.3, 0.4) is 0 Å². The Morgan fingerprint density at radius 1 is 1.25 bits per heavy atom. The third-order valence-corrected chi connectivity index (χ3v) is 4.26. The van der Waals surface area contributed by atoms with Crippen molar-refractivity contribution in [3.8, 4) is 11.4 Å². The van der Waals surface area contributed by atoms with Gasteiger partial charge in [0.05, 0.1) is 6.54 Å². The molecule has 0 radical (unpaired) electrons. The van der Waals surface area contributed by atoms with E-state index in [2.05, 4.69) is 21.6 Å². The first-order chi connectivity index (χ1) is 11.7. The monoisotopic (exact) mass is 346 g/mol. The van der Waals surface area contributed by atoms with Gasteiger partial charge in [0.2, 0.25) is 17.6 Å². The minimum Gasteiger partial charge on any atom is -0.338 e. The molecule has 1 aromatic heterocycles. The van der Waals surface area contributed by atoms with E-state index in [-0.39, 0.29) is 5.91 Å². The number of amides is 1. The molecule has 24 heavy (non-hydrogen) atoms. The van der Waals surface area contributed by atoms with Crippen molar-refractivity contribution < 1.29 is 9.32 Å². The maximum atomic E-state index is 11.7. The Hall–Kier alpha value is -2.18. The lowest BCUT2D eigenvalue weighted by Gasteiger charge is -2.19. The number of carbonyl (C=O) groups excluding carboxylic acids is 1. The molecule has 126 valence electrons. The van der Waals surface area contributed by atoms with Gasteiger partial charge in [0.25, 0.3) is 0 Å². The fraction of sp³-hybridized carbons (Fsp3) is 0.353. The van der Waals surface area contributed by atoms with Crippen LogP contribution in [0.5, 0.6) is 0 Å². The SMILES string of the molecule is C=CC(=O)N1CCCN(Cc2nc(-c3ccc(Cl)cc3)no2)CC1. The molecule has 0 N–H and O–H groups in total. The van der Waals surface area contributed by atoms with Gasteiger partial charge in [0.1, 0.15) is 0 Å². The van der Waals surface area contributed by atoms with E-state index in [0.29, 0.717) is 29.8 Å². The number of rotatable bonds is 4. The molecule has 2 heterocycles. The van der Waals surface area contributed by atoms with Gasteiger partial charge in [-0.3, -0.25) is 9.69 Å². The van der Waals surface area contributed by atoms with Crippen LogP contribution in [0.1, 0.15) is 12.3 Å². The first-order valence-electron chi connectivity index (χ1n) is 7.88. The number of hydrogen-bond acceptors (Lipinski definition) is 5. The molecule has 1 fully saturated rings. The van der Waals surface area contributed by atoms with Crippen LogP contribution in [0.2, 0.25) is 5.02 Å². The van der Waals surface area contributed by atoms with Gasteiger partial charge in [-0.15, -0.1) is 0 Å². The van der Waals surface area contributed by atoms with Gasteiger partial charge in [-0.05, 0) is 36.8 Å². The predicted molar refractivity (Wildman–Crippen MR) is 91.4 cm³/mol. The minimum atomic E-state index is -0.0142. The van der Waals surface area contributed by atoms with Gasteiger partial charge >= 0.3 is 0 Å². The van der Waals surface area contributed by atoms with Crippen molar-refractivity contribution in [2.75, 3.05) is 26.2 Å². The molecule has 1 amide bonds. The maximum absolute atomic E-state index is 11.7. The third-order valence-electron chi connectivity index (χ3n) is 4.00. The summed E-state index contributed by atoms with van der Waals surface area (Å²) in [5, 5.41) is 4.70. The Balaban J connectivity index is 1.61. The zero-order chi connectivity index (χ0) is 16.9. The molecule has 0 saturated carbocycles. The van der Waals surface area contributed by atoms with Crippen molar-refractivity contribution in [3.63, 3.8) is 0 Å². The fourth-order valence-electron chi connectivity index (χ4n) is 2.71. The van der Waals surface area contributed by atoms with Gasteiger partial charge in [-0.2, -0.15) is 4.98 Å². The topological polar surface area (TPSA) is 62.5 Å². The second-order valence-corrected chi connectivity index (χ2v) is 6.11. The molecule has 2 aromatic rings. The quantitative estimate of drug-likeness (QED) is 0.796. The molecule has 0 aliphatic carbocycles. The summed E-state index contributed by atoms with van der Waals surface area (Å²) in [6.07, 6.45) is 2.28. The molecule has 1 aromatic carbocycles. The van der Waals surface area contributed by atoms with Gasteiger partial charge < -0.3 is 9.42 Å². The number of carbonyl (C=O) groups is 1. The summed E-state index contributed by atoms with van der Waals surface area (Å²) in [4.78, 5) is 20.2. The van der Waals surface area contributed by atoms with E-state index in [9.17, 15) is 4.79 Å². The maximum Gasteiger partial charge on any atom is 0.245 e. The minimum absolute atomic E-state index is 0.0142. The smallest absolute Gasteiger partial charge is 0.245 e. The second-order valence-electron chi connectivity index (χ2n) is 5.68. The normalized spacial score (nSPS) is 16.0. The standard InChI is InChI=1S/C17H19ClN4O2/c1-2-16(23)22-9-3-8-21(10-11-22)12-15-19-17(20-24-15)13-4-6-14(18)7-5-13/h2,4-7H,1,3,8-12H2. The molecule has 1 aliphatic rings. The highest BCUT2D eigenvalue weighted by Gasteiger charge is 2.19. The summed E-state index contributed by atoms with van der Waals surface area (Å²) in [6.45, 7) is 7.22. The lowest BCUT2D eigenvalue weighted by molar-refractivity contribution is -0.125. The summed E-state index contributed by atoms with van der Waals surface area (Å²) in [7, 11) is 0. The molecule has 7 heteroatoms. The first kappa shape index (κ1) is 16.7. The molecular weight excluding hydrogens is 328 g/mol. The van der Waals surface area contributed by atoms with Crippen molar-refractivity contribution >= 4 is 17.5 Å². The van der Waals surface area contributed by atoms with Crippen molar-refractivity contribution in [1.82, 2.24) is 19.9 Å². The largest absolute Gasteiger partial charge is 0.338 e. The number of halogens is 1. The van der Waals surface area contributed by atoms with E-state index in [4.69, 9.17) is 16.1 Å². The van der Waals surface area contributed by atoms with E-state index in [1.165, 1.54) is 6.08 Å². The third kappa shape index (κ3) is 4.01. The van der Waals surface area contributed by atoms with Crippen molar-refractivity contribution in [3.05, 3.63) is 47.8 Å². The number of aromatic nitrogens is 2. The molecule has 3 rings (SSSR count). The van der Waals surface area contributed by atoms with Gasteiger partial charge in [0.15, 0.2) is 0 Å². The van der Waals surface area contributed by atoms with Crippen molar-refractivity contribution in [2.24, 2.45) is 0 Å². The van der Waals surface area contributed by atoms with E-state index >= 15 is 0 Å². The Kier molecular flexibility index (Phi) is 5.27. The van der Waals surface area contributed by atoms with E-state index in [1.807, 2.05) is 17.0 Å². The van der Waals surface area contributed by atoms with Gasteiger partial charge in [0, 0.05) is 36.8 Å². The van der Waals surface area contributed by atoms with Gasteiger partial charge in [-0.25, -0.2) is 0 Å². The molecule has 0 bridgehead atoms. The average molecular weight is 347 g/mol. The average Bonchev–Trinajstić information content (AvgIpc) is 2.93. The Morgan fingerprint density at radius 3 is 2.79 bits per heavy atom. The van der Waals surface area contributed by atoms with E-state index in [0.717, 1.165) is 31.6 Å². The Bertz CT molecular complexity index is 714. The molecule has 6 nitrogen and oxygen atoms in total. The van der Waals surface area contributed by atoms with E-state index < -0.39 is 0 Å². The molecular formula is C17H19ClN4O2. The van der Waals surface area contributed by atoms with Crippen LogP contribution in [0.15, 0.2) is 41.4 Å². The zero-order valence-corrected chi connectivity index (χ0v) is 14.1. The van der Waals surface area contributed by atoms with Gasteiger partial charge in [-0.1, -0.05) is 23.3 Å². The highest BCUT2D eigenvalue weighted by molar-refractivity contribution is 6.30. The first-order valence-corrected chi connectivity index (χ1v) is 8.26. The van der Waals surface area contributed by atoms with Crippen molar-refractivity contribution in [2.45, 2.75) is 13.0 Å². The molecule has 0 atom stereocenters. The summed E-state index contributed by atoms with van der Waals surface area (Å²) in [5.41, 5.74) is 0.869. The highest BCUT2D eigenvalue weighted by Crippen LogP contribution is 2.19. The number of nitrogens with zero attached hydrogens (tertiary/aromatic N) is 4. The van der Waals surface area contributed by atoms with Crippen LogP contribution in [0.4, 0.5) is 0 Å². The summed E-state index contributed by atoms with van der Waals surface area (Å²) in [6, 6.07) is 7.32. The highest BCUT2D eigenvalue weighted by atomic mass is 35.5. The molecule has 0 spiro atoms. The molecule has 1 aliphatic heterocycles. The predicted octanol–water partition coefficient (Wildman–Crippen LogP) is 2.61. The van der Waals surface area contributed by atoms with Crippen LogP contribution < -0.4 is 0 Å². The summed E-state index contributed by atoms with van der Waals surface area (Å²) in [5.74, 6) is 1.11. The molecule has 1 saturated heterocycles. The Labute approximate surface area is 145 Å².